The summed E-state index contributed by atoms with van der Waals surface area (Å²) in [6.07, 6.45) is 2.16. The minimum absolute atomic E-state index is 0.0196. The Bertz CT molecular complexity index is 927. The molecule has 140 valence electrons. The SMILES string of the molecule is Cc1nn(C(C)C)c2cnn(CCC(=O)Nc3nc(C(C)(C)C)cs3)c12. The molecule has 0 radical (unpaired) electrons. The molecule has 0 saturated carbocycles. The van der Waals surface area contributed by atoms with Crippen LogP contribution in [0.1, 0.15) is 58.5 Å². The van der Waals surface area contributed by atoms with Crippen molar-refractivity contribution < 1.29 is 4.79 Å². The van der Waals surface area contributed by atoms with Gasteiger partial charge in [-0.3, -0.25) is 14.2 Å². The Balaban J connectivity index is 1.67. The van der Waals surface area contributed by atoms with Crippen LogP contribution in [-0.2, 0) is 16.8 Å². The van der Waals surface area contributed by atoms with Crippen molar-refractivity contribution in [3.05, 3.63) is 23.0 Å². The van der Waals surface area contributed by atoms with Crippen molar-refractivity contribution in [3.63, 3.8) is 0 Å². The van der Waals surface area contributed by atoms with Gasteiger partial charge in [-0.05, 0) is 20.8 Å². The molecule has 0 atom stereocenters. The number of rotatable bonds is 5. The standard InChI is InChI=1S/C18H26N6OS/c1-11(2)24-13-9-19-23(16(13)12(3)22-24)8-7-15(25)21-17-20-14(10-26-17)18(4,5)6/h9-11H,7-8H2,1-6H3,(H,20,21,25). The fourth-order valence-electron chi connectivity index (χ4n) is 2.81. The summed E-state index contributed by atoms with van der Waals surface area (Å²) >= 11 is 1.46. The van der Waals surface area contributed by atoms with Crippen molar-refractivity contribution in [1.82, 2.24) is 24.5 Å². The van der Waals surface area contributed by atoms with Crippen molar-refractivity contribution in [2.45, 2.75) is 66.0 Å². The number of aryl methyl sites for hydroxylation is 2. The van der Waals surface area contributed by atoms with Crippen molar-refractivity contribution in [2.75, 3.05) is 5.32 Å². The summed E-state index contributed by atoms with van der Waals surface area (Å²) in [5.41, 5.74) is 3.90. The summed E-state index contributed by atoms with van der Waals surface area (Å²) in [4.78, 5) is 16.8. The normalized spacial score (nSPS) is 12.3. The lowest BCUT2D eigenvalue weighted by molar-refractivity contribution is -0.116. The first-order valence-electron chi connectivity index (χ1n) is 8.83. The number of fused-ring (bicyclic) bond motifs is 1. The Morgan fingerprint density at radius 1 is 1.35 bits per heavy atom. The Morgan fingerprint density at radius 3 is 2.69 bits per heavy atom. The van der Waals surface area contributed by atoms with Crippen molar-refractivity contribution in [1.29, 1.82) is 0 Å². The van der Waals surface area contributed by atoms with Gasteiger partial charge in [-0.1, -0.05) is 20.8 Å². The third-order valence-corrected chi connectivity index (χ3v) is 4.98. The van der Waals surface area contributed by atoms with Gasteiger partial charge in [0.15, 0.2) is 5.13 Å². The molecule has 8 heteroatoms. The van der Waals surface area contributed by atoms with Gasteiger partial charge in [0, 0.05) is 23.3 Å². The summed E-state index contributed by atoms with van der Waals surface area (Å²) in [6.45, 7) is 13.0. The van der Waals surface area contributed by atoms with Crippen LogP contribution in [0.25, 0.3) is 11.0 Å². The summed E-state index contributed by atoms with van der Waals surface area (Å²) in [7, 11) is 0. The monoisotopic (exact) mass is 374 g/mol. The molecular formula is C18H26N6OS. The van der Waals surface area contributed by atoms with Crippen LogP contribution < -0.4 is 5.32 Å². The third-order valence-electron chi connectivity index (χ3n) is 4.23. The highest BCUT2D eigenvalue weighted by Crippen LogP contribution is 2.26. The van der Waals surface area contributed by atoms with Crippen LogP contribution in [0.4, 0.5) is 5.13 Å². The van der Waals surface area contributed by atoms with Gasteiger partial charge in [0.1, 0.15) is 11.0 Å². The molecule has 0 aliphatic heterocycles. The predicted octanol–water partition coefficient (Wildman–Crippen LogP) is 3.90. The van der Waals surface area contributed by atoms with Gasteiger partial charge in [-0.2, -0.15) is 10.2 Å². The molecule has 0 saturated heterocycles. The Hall–Kier alpha value is -2.22. The lowest BCUT2D eigenvalue weighted by Gasteiger charge is -2.14. The number of nitrogens with one attached hydrogen (secondary N) is 1. The van der Waals surface area contributed by atoms with E-state index >= 15 is 0 Å². The zero-order valence-electron chi connectivity index (χ0n) is 16.2. The number of nitrogens with zero attached hydrogens (tertiary/aromatic N) is 5. The van der Waals surface area contributed by atoms with Crippen LogP contribution in [0.5, 0.6) is 0 Å². The van der Waals surface area contributed by atoms with Crippen LogP contribution in [0, 0.1) is 6.92 Å². The lowest BCUT2D eigenvalue weighted by atomic mass is 9.93. The number of thiazole rings is 1. The highest BCUT2D eigenvalue weighted by Gasteiger charge is 2.19. The molecule has 3 rings (SSSR count). The summed E-state index contributed by atoms with van der Waals surface area (Å²) in [5, 5.41) is 14.5. The highest BCUT2D eigenvalue weighted by molar-refractivity contribution is 7.13. The maximum absolute atomic E-state index is 12.3. The van der Waals surface area contributed by atoms with E-state index in [1.807, 2.05) is 27.9 Å². The summed E-state index contributed by atoms with van der Waals surface area (Å²) in [5.74, 6) is -0.0580. The zero-order valence-corrected chi connectivity index (χ0v) is 17.0. The third kappa shape index (κ3) is 3.65. The van der Waals surface area contributed by atoms with Gasteiger partial charge in [-0.15, -0.1) is 11.3 Å². The Labute approximate surface area is 157 Å². The second kappa shape index (κ2) is 6.83. The number of hydrogen-bond donors (Lipinski definition) is 1. The molecule has 1 amide bonds. The predicted molar refractivity (Wildman–Crippen MR) is 105 cm³/mol. The molecule has 0 unspecified atom stereocenters. The first kappa shape index (κ1) is 18.6. The van der Waals surface area contributed by atoms with E-state index in [4.69, 9.17) is 0 Å². The first-order valence-corrected chi connectivity index (χ1v) is 9.71. The summed E-state index contributed by atoms with van der Waals surface area (Å²) < 4.78 is 3.83. The number of carbonyl (C=O) groups excluding carboxylic acids is 1. The van der Waals surface area contributed by atoms with E-state index in [2.05, 4.69) is 55.1 Å². The van der Waals surface area contributed by atoms with Crippen LogP contribution in [-0.4, -0.2) is 30.5 Å². The van der Waals surface area contributed by atoms with E-state index in [1.54, 1.807) is 0 Å². The molecule has 0 bridgehead atoms. The number of amides is 1. The molecule has 0 aromatic carbocycles. The molecular weight excluding hydrogens is 348 g/mol. The molecule has 0 aliphatic rings. The molecule has 0 spiro atoms. The maximum Gasteiger partial charge on any atom is 0.228 e. The highest BCUT2D eigenvalue weighted by atomic mass is 32.1. The Morgan fingerprint density at radius 2 is 2.08 bits per heavy atom. The van der Waals surface area contributed by atoms with E-state index in [0.29, 0.717) is 18.1 Å². The largest absolute Gasteiger partial charge is 0.302 e. The lowest BCUT2D eigenvalue weighted by Crippen LogP contribution is -2.16. The Kier molecular flexibility index (Phi) is 4.88. The second-order valence-electron chi connectivity index (χ2n) is 7.81. The van der Waals surface area contributed by atoms with E-state index in [9.17, 15) is 4.79 Å². The molecule has 3 heterocycles. The van der Waals surface area contributed by atoms with Crippen LogP contribution in [0.2, 0.25) is 0 Å². The fraction of sp³-hybridized carbons (Fsp3) is 0.556. The van der Waals surface area contributed by atoms with Gasteiger partial charge in [0.25, 0.3) is 0 Å². The van der Waals surface area contributed by atoms with Gasteiger partial charge < -0.3 is 5.32 Å². The first-order chi connectivity index (χ1) is 12.2. The van der Waals surface area contributed by atoms with Gasteiger partial charge in [0.05, 0.1) is 24.1 Å². The molecule has 7 nitrogen and oxygen atoms in total. The van der Waals surface area contributed by atoms with Crippen LogP contribution >= 0.6 is 11.3 Å². The van der Waals surface area contributed by atoms with E-state index in [-0.39, 0.29) is 17.4 Å². The van der Waals surface area contributed by atoms with Gasteiger partial charge >= 0.3 is 0 Å². The molecule has 1 N–H and O–H groups in total. The van der Waals surface area contributed by atoms with Crippen molar-refractivity contribution in [3.8, 4) is 0 Å². The average Bonchev–Trinajstić information content (AvgIpc) is 3.22. The number of anilines is 1. The minimum Gasteiger partial charge on any atom is -0.302 e. The average molecular weight is 375 g/mol. The maximum atomic E-state index is 12.3. The van der Waals surface area contributed by atoms with E-state index < -0.39 is 0 Å². The number of carbonyl (C=O) groups is 1. The van der Waals surface area contributed by atoms with Crippen LogP contribution in [0.3, 0.4) is 0 Å². The summed E-state index contributed by atoms with van der Waals surface area (Å²) in [6, 6.07) is 0.272. The quantitative estimate of drug-likeness (QED) is 0.734. The molecule has 26 heavy (non-hydrogen) atoms. The van der Waals surface area contributed by atoms with Crippen molar-refractivity contribution >= 4 is 33.4 Å². The van der Waals surface area contributed by atoms with Gasteiger partial charge in [0.2, 0.25) is 5.91 Å². The van der Waals surface area contributed by atoms with E-state index in [1.165, 1.54) is 11.3 Å². The minimum atomic E-state index is -0.0580. The molecule has 0 aliphatic carbocycles. The smallest absolute Gasteiger partial charge is 0.228 e. The van der Waals surface area contributed by atoms with Crippen molar-refractivity contribution in [2.24, 2.45) is 0 Å². The van der Waals surface area contributed by atoms with E-state index in [0.717, 1.165) is 22.4 Å². The molecule has 3 aromatic heterocycles. The zero-order chi connectivity index (χ0) is 19.1. The fourth-order valence-corrected chi connectivity index (χ4v) is 3.76. The molecule has 3 aromatic rings. The number of hydrogen-bond acceptors (Lipinski definition) is 5. The number of aromatic nitrogens is 5. The van der Waals surface area contributed by atoms with Gasteiger partial charge in [-0.25, -0.2) is 4.98 Å². The second-order valence-corrected chi connectivity index (χ2v) is 8.67. The molecule has 0 fully saturated rings. The van der Waals surface area contributed by atoms with Crippen LogP contribution in [0.15, 0.2) is 11.6 Å². The topological polar surface area (TPSA) is 77.6 Å².